The van der Waals surface area contributed by atoms with E-state index >= 15 is 0 Å². The molecule has 4 N–H and O–H groups in total. The van der Waals surface area contributed by atoms with Gasteiger partial charge in [0, 0.05) is 31.6 Å². The Balaban J connectivity index is 2.12. The van der Waals surface area contributed by atoms with Gasteiger partial charge in [0.2, 0.25) is 5.96 Å². The van der Waals surface area contributed by atoms with Crippen LogP contribution in [0.5, 0.6) is 0 Å². The van der Waals surface area contributed by atoms with Crippen LogP contribution in [-0.2, 0) is 31.6 Å². The van der Waals surface area contributed by atoms with Gasteiger partial charge in [0.1, 0.15) is 0 Å². The summed E-state index contributed by atoms with van der Waals surface area (Å²) in [6.07, 6.45) is -11.5. The summed E-state index contributed by atoms with van der Waals surface area (Å²) in [5, 5.41) is 4.43. The number of hydrazone groups is 1. The molecule has 15 heteroatoms. The van der Waals surface area contributed by atoms with Crippen LogP contribution in [0.1, 0.15) is 70.3 Å². The summed E-state index contributed by atoms with van der Waals surface area (Å²) >= 11 is 0. The van der Waals surface area contributed by atoms with Crippen LogP contribution in [0.2, 0.25) is 0 Å². The Labute approximate surface area is 229 Å². The van der Waals surface area contributed by atoms with Crippen LogP contribution in [0, 0.1) is 5.92 Å². The zero-order valence-corrected chi connectivity index (χ0v) is 21.8. The van der Waals surface area contributed by atoms with Gasteiger partial charge >= 0.3 is 18.5 Å². The highest BCUT2D eigenvalue weighted by molar-refractivity contribution is 5.99. The Hall–Kier alpha value is -3.49. The maximum atomic E-state index is 13.6. The van der Waals surface area contributed by atoms with Gasteiger partial charge in [-0.15, -0.1) is 5.10 Å². The lowest BCUT2D eigenvalue weighted by Crippen LogP contribution is -2.39. The molecule has 3 rings (SSSR count). The van der Waals surface area contributed by atoms with Crippen molar-refractivity contribution in [3.63, 3.8) is 0 Å². The molecule has 0 aliphatic heterocycles. The van der Waals surface area contributed by atoms with E-state index < -0.39 is 71.5 Å². The van der Waals surface area contributed by atoms with E-state index in [-0.39, 0.29) is 17.2 Å². The summed E-state index contributed by atoms with van der Waals surface area (Å²) in [6, 6.07) is 3.39. The number of hydrazine groups is 1. The molecule has 0 bridgehead atoms. The molecule has 1 saturated carbocycles. The highest BCUT2D eigenvalue weighted by atomic mass is 19.4. The van der Waals surface area contributed by atoms with Crippen LogP contribution in [-0.4, -0.2) is 28.8 Å². The van der Waals surface area contributed by atoms with E-state index in [1.165, 1.54) is 7.05 Å². The number of Topliss-reactive ketones (excluding diaryl/α,β-unsaturated/α-hetero) is 1. The molecule has 0 radical (unpaired) electrons. The predicted molar refractivity (Wildman–Crippen MR) is 132 cm³/mol. The number of nitrogens with two attached hydrogens (primary N) is 2. The molecule has 0 atom stereocenters. The number of rotatable bonds is 7. The first-order valence-corrected chi connectivity index (χ1v) is 12.5. The van der Waals surface area contributed by atoms with Crippen molar-refractivity contribution in [2.45, 2.75) is 63.7 Å². The molecule has 1 aliphatic rings. The monoisotopic (exact) mass is 597 g/mol. The Bertz CT molecular complexity index is 1230. The number of guanidine groups is 1. The number of benzene rings is 2. The van der Waals surface area contributed by atoms with E-state index in [4.69, 9.17) is 11.6 Å². The standard InChI is InChI=1S/C26H28F9N5O/c1-39(37)38-23(36)40(13-15-9-19(25(30,31)32)12-20(10-15)26(33,34)35)14-17-11-18(24(27,28)29)7-8-21(17)22(41)16-5-3-2-4-6-16/h7-12,16H,2-6,13-14,37H2,1H3,(H2,36,38). The minimum absolute atomic E-state index is 0.0489. The van der Waals surface area contributed by atoms with Gasteiger partial charge in [-0.1, -0.05) is 25.3 Å². The summed E-state index contributed by atoms with van der Waals surface area (Å²) in [6.45, 7) is -1.33. The summed E-state index contributed by atoms with van der Waals surface area (Å²) in [5.74, 6) is 4.11. The van der Waals surface area contributed by atoms with Crippen molar-refractivity contribution in [2.75, 3.05) is 7.05 Å². The fraction of sp³-hybridized carbons (Fsp3) is 0.462. The molecular weight excluding hydrogens is 569 g/mol. The molecule has 1 fully saturated rings. The summed E-state index contributed by atoms with van der Waals surface area (Å²) < 4.78 is 121. The molecule has 226 valence electrons. The number of carbonyl (C=O) groups excluding carboxylic acids is 1. The number of nitrogens with zero attached hydrogens (tertiary/aromatic N) is 3. The van der Waals surface area contributed by atoms with E-state index in [2.05, 4.69) is 5.10 Å². The lowest BCUT2D eigenvalue weighted by atomic mass is 9.82. The Morgan fingerprint density at radius 2 is 1.37 bits per heavy atom. The first-order chi connectivity index (χ1) is 18.9. The summed E-state index contributed by atoms with van der Waals surface area (Å²) in [4.78, 5) is 14.3. The predicted octanol–water partition coefficient (Wildman–Crippen LogP) is 6.54. The molecule has 41 heavy (non-hydrogen) atoms. The fourth-order valence-electron chi connectivity index (χ4n) is 4.71. The first-order valence-electron chi connectivity index (χ1n) is 12.5. The zero-order valence-electron chi connectivity index (χ0n) is 21.8. The topological polar surface area (TPSA) is 87.9 Å². The maximum absolute atomic E-state index is 13.6. The molecule has 1 aliphatic carbocycles. The third kappa shape index (κ3) is 8.50. The van der Waals surface area contributed by atoms with E-state index in [0.717, 1.165) is 42.4 Å². The van der Waals surface area contributed by atoms with Crippen LogP contribution >= 0.6 is 0 Å². The van der Waals surface area contributed by atoms with Crippen LogP contribution < -0.4 is 11.6 Å². The third-order valence-corrected chi connectivity index (χ3v) is 6.64. The SMILES string of the molecule is CN(N)/N=C(\N)N(Cc1cc(C(F)(F)F)cc(C(F)(F)F)c1)Cc1cc(C(F)(F)F)ccc1C(=O)C1CCCCC1. The highest BCUT2D eigenvalue weighted by Gasteiger charge is 2.37. The van der Waals surface area contributed by atoms with Crippen LogP contribution in [0.15, 0.2) is 41.5 Å². The number of ketones is 1. The minimum Gasteiger partial charge on any atom is -0.368 e. The second kappa shape index (κ2) is 12.2. The minimum atomic E-state index is -5.13. The largest absolute Gasteiger partial charge is 0.416 e. The van der Waals surface area contributed by atoms with Crippen LogP contribution in [0.25, 0.3) is 0 Å². The number of halogens is 9. The van der Waals surface area contributed by atoms with Crippen molar-refractivity contribution in [1.82, 2.24) is 10.0 Å². The number of alkyl halides is 9. The highest BCUT2D eigenvalue weighted by Crippen LogP contribution is 2.37. The maximum Gasteiger partial charge on any atom is 0.416 e. The van der Waals surface area contributed by atoms with Gasteiger partial charge in [-0.05, 0) is 54.3 Å². The third-order valence-electron chi connectivity index (χ3n) is 6.64. The molecule has 6 nitrogen and oxygen atoms in total. The van der Waals surface area contributed by atoms with E-state index in [1.807, 2.05) is 0 Å². The molecule has 0 saturated heterocycles. The average molecular weight is 598 g/mol. The lowest BCUT2D eigenvalue weighted by molar-refractivity contribution is -0.143. The second-order valence-electron chi connectivity index (χ2n) is 9.87. The molecule has 0 amide bonds. The number of carbonyl (C=O) groups is 1. The van der Waals surface area contributed by atoms with Crippen molar-refractivity contribution in [3.8, 4) is 0 Å². The Morgan fingerprint density at radius 3 is 1.85 bits per heavy atom. The van der Waals surface area contributed by atoms with Gasteiger partial charge in [-0.3, -0.25) is 4.79 Å². The average Bonchev–Trinajstić information content (AvgIpc) is 2.86. The van der Waals surface area contributed by atoms with Gasteiger partial charge < -0.3 is 10.6 Å². The molecule has 2 aromatic carbocycles. The van der Waals surface area contributed by atoms with Crippen molar-refractivity contribution >= 4 is 11.7 Å². The smallest absolute Gasteiger partial charge is 0.368 e. The normalized spacial score (nSPS) is 15.6. The molecule has 0 unspecified atom stereocenters. The second-order valence-corrected chi connectivity index (χ2v) is 9.87. The molecule has 2 aromatic rings. The van der Waals surface area contributed by atoms with Crippen LogP contribution in [0.3, 0.4) is 0 Å². The van der Waals surface area contributed by atoms with Gasteiger partial charge in [0.15, 0.2) is 5.78 Å². The van der Waals surface area contributed by atoms with E-state index in [9.17, 15) is 44.3 Å². The quantitative estimate of drug-likeness (QED) is 0.0945. The molecule has 0 spiro atoms. The molecular formula is C26H28F9N5O. The van der Waals surface area contributed by atoms with Crippen molar-refractivity contribution in [3.05, 3.63) is 69.8 Å². The van der Waals surface area contributed by atoms with Crippen LogP contribution in [0.4, 0.5) is 39.5 Å². The number of hydrogen-bond donors (Lipinski definition) is 2. The Morgan fingerprint density at radius 1 is 0.829 bits per heavy atom. The van der Waals surface area contributed by atoms with Crippen molar-refractivity contribution < 1.29 is 44.3 Å². The molecule has 0 aromatic heterocycles. The first kappa shape index (κ1) is 32.0. The molecule has 0 heterocycles. The van der Waals surface area contributed by atoms with Gasteiger partial charge in [0.05, 0.1) is 16.7 Å². The van der Waals surface area contributed by atoms with E-state index in [1.54, 1.807) is 0 Å². The van der Waals surface area contributed by atoms with Gasteiger partial charge in [0.25, 0.3) is 0 Å². The van der Waals surface area contributed by atoms with Crippen molar-refractivity contribution in [1.29, 1.82) is 0 Å². The van der Waals surface area contributed by atoms with Crippen molar-refractivity contribution in [2.24, 2.45) is 22.6 Å². The van der Waals surface area contributed by atoms with Gasteiger partial charge in [-0.25, -0.2) is 11.0 Å². The fourth-order valence-corrected chi connectivity index (χ4v) is 4.71. The Kier molecular flexibility index (Phi) is 9.51. The summed E-state index contributed by atoms with van der Waals surface area (Å²) in [5.41, 5.74) is 0.969. The summed E-state index contributed by atoms with van der Waals surface area (Å²) in [7, 11) is 1.22. The zero-order chi connectivity index (χ0) is 30.8. The number of hydrogen-bond acceptors (Lipinski definition) is 4. The van der Waals surface area contributed by atoms with E-state index in [0.29, 0.717) is 30.1 Å². The van der Waals surface area contributed by atoms with Gasteiger partial charge in [-0.2, -0.15) is 39.5 Å². The lowest BCUT2D eigenvalue weighted by Gasteiger charge is -2.28.